The van der Waals surface area contributed by atoms with Crippen LogP contribution in [-0.4, -0.2) is 13.1 Å². The number of amides is 2. The van der Waals surface area contributed by atoms with Gasteiger partial charge in [0.2, 0.25) is 0 Å². The summed E-state index contributed by atoms with van der Waals surface area (Å²) in [5.74, 6) is 0.589. The van der Waals surface area contributed by atoms with Gasteiger partial charge in [0.05, 0.1) is 12.8 Å². The van der Waals surface area contributed by atoms with E-state index in [9.17, 15) is 4.79 Å². The first kappa shape index (κ1) is 15.7. The van der Waals surface area contributed by atoms with Crippen molar-refractivity contribution in [1.82, 2.24) is 5.32 Å². The van der Waals surface area contributed by atoms with E-state index in [1.165, 1.54) is 0 Å². The molecule has 0 heterocycles. The van der Waals surface area contributed by atoms with Crippen LogP contribution < -0.4 is 15.4 Å². The summed E-state index contributed by atoms with van der Waals surface area (Å²) in [7, 11) is 1.55. The number of urea groups is 1. The van der Waals surface area contributed by atoms with Gasteiger partial charge in [0.25, 0.3) is 0 Å². The van der Waals surface area contributed by atoms with E-state index in [4.69, 9.17) is 16.3 Å². The van der Waals surface area contributed by atoms with Crippen LogP contribution in [0.3, 0.4) is 0 Å². The minimum atomic E-state index is -0.327. The van der Waals surface area contributed by atoms with Gasteiger partial charge in [0.1, 0.15) is 5.75 Å². The zero-order valence-electron chi connectivity index (χ0n) is 11.3. The molecule has 4 nitrogen and oxygen atoms in total. The number of carbonyl (C=O) groups excluding carboxylic acids is 1. The minimum Gasteiger partial charge on any atom is -0.495 e. The highest BCUT2D eigenvalue weighted by Gasteiger charge is 2.08. The van der Waals surface area contributed by atoms with Crippen LogP contribution in [0.4, 0.5) is 10.5 Å². The predicted octanol–water partition coefficient (Wildman–Crippen LogP) is 4.43. The Kier molecular flexibility index (Phi) is 5.47. The third-order valence-corrected chi connectivity index (χ3v) is 3.67. The van der Waals surface area contributed by atoms with Gasteiger partial charge in [-0.25, -0.2) is 4.79 Å². The Morgan fingerprint density at radius 2 is 2.05 bits per heavy atom. The average molecular weight is 370 g/mol. The molecule has 0 aliphatic heterocycles. The molecule has 2 aromatic carbocycles. The smallest absolute Gasteiger partial charge is 0.319 e. The highest BCUT2D eigenvalue weighted by Crippen LogP contribution is 2.27. The van der Waals surface area contributed by atoms with Crippen LogP contribution in [0.15, 0.2) is 46.9 Å². The number of rotatable bonds is 4. The lowest BCUT2D eigenvalue weighted by molar-refractivity contribution is 0.251. The summed E-state index contributed by atoms with van der Waals surface area (Å²) in [4.78, 5) is 11.9. The van der Waals surface area contributed by atoms with Crippen molar-refractivity contribution in [2.24, 2.45) is 0 Å². The highest BCUT2D eigenvalue weighted by molar-refractivity contribution is 9.10. The number of hydrogen-bond acceptors (Lipinski definition) is 2. The van der Waals surface area contributed by atoms with E-state index < -0.39 is 0 Å². The lowest BCUT2D eigenvalue weighted by Crippen LogP contribution is -2.28. The third-order valence-electron chi connectivity index (χ3n) is 2.81. The molecule has 6 heteroatoms. The third kappa shape index (κ3) is 4.37. The van der Waals surface area contributed by atoms with E-state index in [2.05, 4.69) is 26.6 Å². The molecule has 2 aromatic rings. The van der Waals surface area contributed by atoms with Crippen LogP contribution in [0.2, 0.25) is 5.02 Å². The Balaban J connectivity index is 1.99. The number of carbonyl (C=O) groups is 1. The van der Waals surface area contributed by atoms with Crippen LogP contribution in [0.1, 0.15) is 5.56 Å². The van der Waals surface area contributed by atoms with Gasteiger partial charge in [0.15, 0.2) is 0 Å². The van der Waals surface area contributed by atoms with Crippen molar-refractivity contribution in [1.29, 1.82) is 0 Å². The van der Waals surface area contributed by atoms with Gasteiger partial charge in [-0.2, -0.15) is 0 Å². The summed E-state index contributed by atoms with van der Waals surface area (Å²) >= 11 is 9.39. The molecule has 0 aliphatic carbocycles. The quantitative estimate of drug-likeness (QED) is 0.837. The molecular weight excluding hydrogens is 356 g/mol. The fraction of sp³-hybridized carbons (Fsp3) is 0.133. The SMILES string of the molecule is COc1ccc(Br)cc1NC(=O)NCc1ccccc1Cl. The van der Waals surface area contributed by atoms with Crippen LogP contribution in [-0.2, 0) is 6.54 Å². The van der Waals surface area contributed by atoms with Gasteiger partial charge in [-0.1, -0.05) is 45.7 Å². The van der Waals surface area contributed by atoms with E-state index in [1.807, 2.05) is 24.3 Å². The van der Waals surface area contributed by atoms with E-state index in [1.54, 1.807) is 25.3 Å². The summed E-state index contributed by atoms with van der Waals surface area (Å²) in [6, 6.07) is 12.4. The lowest BCUT2D eigenvalue weighted by Gasteiger charge is -2.12. The summed E-state index contributed by atoms with van der Waals surface area (Å²) < 4.78 is 6.05. The molecule has 0 spiro atoms. The second-order valence-electron chi connectivity index (χ2n) is 4.24. The predicted molar refractivity (Wildman–Crippen MR) is 88.0 cm³/mol. The number of ether oxygens (including phenoxy) is 1. The molecule has 2 amide bonds. The number of methoxy groups -OCH3 is 1. The van der Waals surface area contributed by atoms with E-state index in [-0.39, 0.29) is 6.03 Å². The molecule has 0 bridgehead atoms. The van der Waals surface area contributed by atoms with E-state index >= 15 is 0 Å². The fourth-order valence-corrected chi connectivity index (χ4v) is 2.33. The lowest BCUT2D eigenvalue weighted by atomic mass is 10.2. The molecule has 0 saturated heterocycles. The molecule has 0 radical (unpaired) electrons. The fourth-order valence-electron chi connectivity index (χ4n) is 1.76. The molecular formula is C15H14BrClN2O2. The summed E-state index contributed by atoms with van der Waals surface area (Å²) in [6.45, 7) is 0.349. The number of benzene rings is 2. The van der Waals surface area contributed by atoms with Crippen LogP contribution >= 0.6 is 27.5 Å². The first-order valence-corrected chi connectivity index (χ1v) is 7.39. The molecule has 0 unspecified atom stereocenters. The standard InChI is InChI=1S/C15H14BrClN2O2/c1-21-14-7-6-11(16)8-13(14)19-15(20)18-9-10-4-2-3-5-12(10)17/h2-8H,9H2,1H3,(H2,18,19,20). The van der Waals surface area contributed by atoms with Gasteiger partial charge < -0.3 is 15.4 Å². The van der Waals surface area contributed by atoms with E-state index in [0.717, 1.165) is 10.0 Å². The first-order chi connectivity index (χ1) is 10.1. The normalized spacial score (nSPS) is 10.0. The minimum absolute atomic E-state index is 0.327. The summed E-state index contributed by atoms with van der Waals surface area (Å²) in [5.41, 5.74) is 1.44. The number of halogens is 2. The zero-order valence-corrected chi connectivity index (χ0v) is 13.7. The molecule has 0 atom stereocenters. The zero-order chi connectivity index (χ0) is 15.2. The Morgan fingerprint density at radius 3 is 2.76 bits per heavy atom. The number of hydrogen-bond donors (Lipinski definition) is 2. The van der Waals surface area contributed by atoms with Gasteiger partial charge in [-0.05, 0) is 29.8 Å². The molecule has 0 fully saturated rings. The maximum absolute atomic E-state index is 11.9. The van der Waals surface area contributed by atoms with Gasteiger partial charge in [0, 0.05) is 16.0 Å². The van der Waals surface area contributed by atoms with Gasteiger partial charge >= 0.3 is 6.03 Å². The number of anilines is 1. The molecule has 0 saturated carbocycles. The van der Waals surface area contributed by atoms with Crippen LogP contribution in [0.25, 0.3) is 0 Å². The van der Waals surface area contributed by atoms with Crippen molar-refractivity contribution in [3.05, 3.63) is 57.5 Å². The average Bonchev–Trinajstić information content (AvgIpc) is 2.47. The first-order valence-electron chi connectivity index (χ1n) is 6.22. The van der Waals surface area contributed by atoms with Crippen molar-refractivity contribution in [3.8, 4) is 5.75 Å². The Labute approximate surface area is 136 Å². The van der Waals surface area contributed by atoms with Crippen LogP contribution in [0, 0.1) is 0 Å². The van der Waals surface area contributed by atoms with Gasteiger partial charge in [-0.15, -0.1) is 0 Å². The van der Waals surface area contributed by atoms with Crippen molar-refractivity contribution in [2.75, 3.05) is 12.4 Å². The molecule has 0 aliphatic rings. The molecule has 0 aromatic heterocycles. The maximum atomic E-state index is 11.9. The monoisotopic (exact) mass is 368 g/mol. The molecule has 110 valence electrons. The summed E-state index contributed by atoms with van der Waals surface area (Å²) in [6.07, 6.45) is 0. The largest absolute Gasteiger partial charge is 0.495 e. The second-order valence-corrected chi connectivity index (χ2v) is 5.57. The highest BCUT2D eigenvalue weighted by atomic mass is 79.9. The molecule has 2 N–H and O–H groups in total. The van der Waals surface area contributed by atoms with E-state index in [0.29, 0.717) is 23.0 Å². The topological polar surface area (TPSA) is 50.4 Å². The van der Waals surface area contributed by atoms with Crippen molar-refractivity contribution >= 4 is 39.2 Å². The maximum Gasteiger partial charge on any atom is 0.319 e. The Morgan fingerprint density at radius 1 is 1.29 bits per heavy atom. The summed E-state index contributed by atoms with van der Waals surface area (Å²) in [5, 5.41) is 6.12. The number of nitrogens with one attached hydrogen (secondary N) is 2. The van der Waals surface area contributed by atoms with Crippen molar-refractivity contribution in [3.63, 3.8) is 0 Å². The van der Waals surface area contributed by atoms with Crippen molar-refractivity contribution in [2.45, 2.75) is 6.54 Å². The second kappa shape index (κ2) is 7.33. The molecule has 2 rings (SSSR count). The molecule has 21 heavy (non-hydrogen) atoms. The Bertz CT molecular complexity index is 649. The van der Waals surface area contributed by atoms with Gasteiger partial charge in [-0.3, -0.25) is 0 Å². The Hall–Kier alpha value is -1.72. The van der Waals surface area contributed by atoms with Crippen LogP contribution in [0.5, 0.6) is 5.75 Å². The van der Waals surface area contributed by atoms with Crippen molar-refractivity contribution < 1.29 is 9.53 Å².